The molecule has 7 heteroatoms. The van der Waals surface area contributed by atoms with E-state index in [2.05, 4.69) is 0 Å². The topological polar surface area (TPSA) is 31.5 Å². The van der Waals surface area contributed by atoms with Crippen molar-refractivity contribution in [2.45, 2.75) is 44.1 Å². The number of rotatable bonds is 11. The number of fused-ring (bicyclic) bond motifs is 7. The molecular weight excluding hydrogens is 767 g/mol. The lowest BCUT2D eigenvalue weighted by Gasteiger charge is -2.44. The third-order valence-electron chi connectivity index (χ3n) is 11.1. The Bertz CT molecular complexity index is 3760. The first-order chi connectivity index (χ1) is 37.6. The standard InChI is InChI=1S/C52H51N3OSi3/c1-36(2)34-57-52(58-35-37(3)4)42-25-11-16-31-48(42)56-50-43(52)26-18-32-49(50)59(39-20-7-5-8-21-39,40-22-9-6-10-23-40)41-24-17-19-38(33-41)54-46-29-14-15-30-47(46)55-45-28-13-12-27-44(45)53-51(54)55/h5-33,36-37H,34-35,57-58H2,1-4H3/i1D3,2D3,3D3,4D3,34D2,35D2,36D,37D,57D2,58D2. The average molecular weight is 840 g/mol. The minimum atomic E-state index is -7.07. The summed E-state index contributed by atoms with van der Waals surface area (Å²) < 4.78 is 210. The van der Waals surface area contributed by atoms with Crippen molar-refractivity contribution in [2.24, 2.45) is 11.8 Å². The minimum absolute atomic E-state index is 0.172. The molecule has 1 aliphatic heterocycles. The van der Waals surface area contributed by atoms with Crippen LogP contribution in [-0.2, 0) is 4.66 Å². The van der Waals surface area contributed by atoms with Crippen molar-refractivity contribution in [2.75, 3.05) is 0 Å². The van der Waals surface area contributed by atoms with E-state index in [0.717, 1.165) is 34.2 Å². The Hall–Kier alpha value is -5.74. The van der Waals surface area contributed by atoms with Gasteiger partial charge >= 0.3 is 0 Å². The van der Waals surface area contributed by atoms with E-state index in [4.69, 9.17) is 26.2 Å². The van der Waals surface area contributed by atoms with Crippen molar-refractivity contribution < 1.29 is 29.4 Å². The van der Waals surface area contributed by atoms with Crippen molar-refractivity contribution in [3.8, 4) is 17.2 Å². The van der Waals surface area contributed by atoms with Crippen molar-refractivity contribution in [1.29, 1.82) is 4.94 Å². The molecule has 4 nitrogen and oxygen atoms in total. The van der Waals surface area contributed by atoms with Gasteiger partial charge in [-0.25, -0.2) is 4.98 Å². The fourth-order valence-corrected chi connectivity index (χ4v) is 16.3. The largest absolute Gasteiger partial charge is 0.457 e. The van der Waals surface area contributed by atoms with Gasteiger partial charge in [0.2, 0.25) is 5.78 Å². The summed E-state index contributed by atoms with van der Waals surface area (Å²) in [5, 5.41) is 2.02. The molecule has 0 radical (unpaired) electrons. The summed E-state index contributed by atoms with van der Waals surface area (Å²) in [5.41, 5.74) is 2.31. The molecule has 0 fully saturated rings. The first kappa shape index (κ1) is 20.5. The predicted molar refractivity (Wildman–Crippen MR) is 257 cm³/mol. The van der Waals surface area contributed by atoms with Crippen LogP contribution in [0.4, 0.5) is 0 Å². The molecule has 0 spiro atoms. The molecule has 0 N–H and O–H groups in total. The molecule has 0 saturated carbocycles. The van der Waals surface area contributed by atoms with E-state index in [0.29, 0.717) is 27.0 Å². The zero-order chi connectivity index (χ0) is 59.2. The summed E-state index contributed by atoms with van der Waals surface area (Å²) in [4.78, 5) is 5.10. The average Bonchev–Trinajstić information content (AvgIpc) is 2.16. The summed E-state index contributed by atoms with van der Waals surface area (Å²) in [7, 11) is -18.4. The Morgan fingerprint density at radius 1 is 0.644 bits per heavy atom. The summed E-state index contributed by atoms with van der Waals surface area (Å²) in [6, 6.07) is 49.9. The molecule has 0 amide bonds. The second-order valence-electron chi connectivity index (χ2n) is 14.4. The van der Waals surface area contributed by atoms with Crippen LogP contribution in [0, 0.1) is 11.8 Å². The Balaban J connectivity index is 1.41. The van der Waals surface area contributed by atoms with Crippen LogP contribution in [0.25, 0.3) is 33.5 Å². The molecule has 9 aromatic rings. The Morgan fingerprint density at radius 2 is 1.22 bits per heavy atom. The molecule has 0 saturated heterocycles. The third kappa shape index (κ3) is 6.09. The zero-order valence-electron chi connectivity index (χ0n) is 53.5. The van der Waals surface area contributed by atoms with E-state index in [1.807, 2.05) is 106 Å². The molecule has 0 aliphatic carbocycles. The van der Waals surface area contributed by atoms with E-state index < -0.39 is 105 Å². The number of para-hydroxylation sites is 6. The SMILES string of the molecule is [2H]C([2H])([2H])C([2H])(C([2H])([2H])[2H])C([2H])([2H])[Si]([2H])([2H])C1([Si]([2H])([2H])C([2H])([2H])C([2H])(C([2H])([2H])[2H])C([2H])([2H])[2H])c2ccccc2Oc2c1cccc2[Si](c1ccccc1)(c1ccccc1)c1cccc(-n2c3ccccc3n3c4ccccc4nc23)c1. The monoisotopic (exact) mass is 839 g/mol. The predicted octanol–water partition coefficient (Wildman–Crippen LogP) is 8.60. The lowest BCUT2D eigenvalue weighted by Crippen LogP contribution is -2.75. The molecule has 3 heterocycles. The quantitative estimate of drug-likeness (QED) is 0.0966. The molecule has 2 aromatic heterocycles. The lowest BCUT2D eigenvalue weighted by molar-refractivity contribution is 0.454. The van der Waals surface area contributed by atoms with E-state index in [-0.39, 0.29) is 5.19 Å². The van der Waals surface area contributed by atoms with Crippen molar-refractivity contribution >= 4 is 75.4 Å². The number of hydrogen-bond acceptors (Lipinski definition) is 2. The first-order valence-electron chi connectivity index (χ1n) is 30.1. The van der Waals surface area contributed by atoms with Crippen LogP contribution in [0.15, 0.2) is 176 Å². The summed E-state index contributed by atoms with van der Waals surface area (Å²) >= 11 is 0. The number of benzene rings is 7. The molecule has 1 aliphatic rings. The molecule has 59 heavy (non-hydrogen) atoms. The van der Waals surface area contributed by atoms with Gasteiger partial charge in [-0.2, -0.15) is 0 Å². The second-order valence-corrected chi connectivity index (χ2v) is 21.1. The third-order valence-corrected chi connectivity index (χ3v) is 19.2. The van der Waals surface area contributed by atoms with Gasteiger partial charge in [0.25, 0.3) is 0 Å². The summed E-state index contributed by atoms with van der Waals surface area (Å²) in [6.07, 6.45) is 0. The van der Waals surface area contributed by atoms with Crippen molar-refractivity contribution in [3.05, 3.63) is 187 Å². The highest BCUT2D eigenvalue weighted by Crippen LogP contribution is 2.48. The lowest BCUT2D eigenvalue weighted by atomic mass is 9.98. The van der Waals surface area contributed by atoms with Gasteiger partial charge in [0.1, 0.15) is 11.5 Å². The molecule has 292 valence electrons. The molecule has 0 unspecified atom stereocenters. The van der Waals surface area contributed by atoms with Gasteiger partial charge in [-0.15, -0.1) is 0 Å². The molecule has 0 atom stereocenters. The van der Waals surface area contributed by atoms with Crippen molar-refractivity contribution in [1.82, 2.24) is 14.0 Å². The van der Waals surface area contributed by atoms with Crippen LogP contribution in [0.3, 0.4) is 0 Å². The van der Waals surface area contributed by atoms with Gasteiger partial charge in [-0.1, -0.05) is 173 Å². The fourth-order valence-electron chi connectivity index (χ4n) is 8.80. The number of ether oxygens (including phenoxy) is 1. The van der Waals surface area contributed by atoms with Crippen LogP contribution >= 0.6 is 0 Å². The molecule has 10 rings (SSSR count). The van der Waals surface area contributed by atoms with Gasteiger partial charge < -0.3 is 4.74 Å². The maximum atomic E-state index is 10.5. The minimum Gasteiger partial charge on any atom is -0.457 e. The van der Waals surface area contributed by atoms with E-state index in [1.165, 1.54) is 24.3 Å². The molecule has 7 aromatic carbocycles. The van der Waals surface area contributed by atoms with Crippen LogP contribution in [0.2, 0.25) is 12.0 Å². The molecule has 0 bridgehead atoms. The Labute approximate surface area is 383 Å². The number of hydrogen-bond donors (Lipinski definition) is 0. The zero-order valence-corrected chi connectivity index (χ0v) is 34.5. The van der Waals surface area contributed by atoms with Gasteiger partial charge in [-0.3, -0.25) is 8.97 Å². The van der Waals surface area contributed by atoms with Gasteiger partial charge in [0.05, 0.1) is 22.1 Å². The Morgan fingerprint density at radius 3 is 1.93 bits per heavy atom. The van der Waals surface area contributed by atoms with Gasteiger partial charge in [0.15, 0.2) is 8.07 Å². The highest BCUT2D eigenvalue weighted by molar-refractivity contribution is 7.20. The van der Waals surface area contributed by atoms with E-state index in [1.54, 1.807) is 42.5 Å². The van der Waals surface area contributed by atoms with Crippen LogP contribution < -0.4 is 25.5 Å². The van der Waals surface area contributed by atoms with Crippen LogP contribution in [0.1, 0.15) is 63.2 Å². The van der Waals surface area contributed by atoms with Crippen molar-refractivity contribution in [3.63, 3.8) is 0 Å². The van der Waals surface area contributed by atoms with E-state index >= 15 is 0 Å². The number of nitrogens with zero attached hydrogens (tertiary/aromatic N) is 3. The summed E-state index contributed by atoms with van der Waals surface area (Å²) in [6.45, 7) is -17.0. The summed E-state index contributed by atoms with van der Waals surface area (Å²) in [5.74, 6) is -18.4. The second kappa shape index (κ2) is 15.1. The van der Waals surface area contributed by atoms with E-state index in [9.17, 15) is 13.2 Å². The van der Waals surface area contributed by atoms with Gasteiger partial charge in [0, 0.05) is 58.7 Å². The first-order valence-corrected chi connectivity index (χ1v) is 23.1. The number of imidazole rings is 2. The van der Waals surface area contributed by atoms with Crippen LogP contribution in [0.5, 0.6) is 11.5 Å². The maximum absolute atomic E-state index is 10.5. The Kier molecular flexibility index (Phi) is 5.25. The number of aromatic nitrogens is 3. The maximum Gasteiger partial charge on any atom is 0.220 e. The smallest absolute Gasteiger partial charge is 0.220 e. The van der Waals surface area contributed by atoms with Gasteiger partial charge in [-0.05, 0) is 86.1 Å². The molecular formula is C52H51N3OSi3. The normalized spacial score (nSPS) is 21.3. The fraction of sp³-hybridized carbons (Fsp3) is 0.173. The highest BCUT2D eigenvalue weighted by atomic mass is 28.3. The van der Waals surface area contributed by atoms with Crippen LogP contribution in [-0.4, -0.2) is 45.7 Å². The highest BCUT2D eigenvalue weighted by Gasteiger charge is 2.49.